The summed E-state index contributed by atoms with van der Waals surface area (Å²) in [5.74, 6) is 0.352. The maximum absolute atomic E-state index is 11.2. The Labute approximate surface area is 93.0 Å². The van der Waals surface area contributed by atoms with Crippen LogP contribution >= 0.6 is 11.6 Å². The normalized spacial score (nSPS) is 12.9. The van der Waals surface area contributed by atoms with Crippen LogP contribution in [0.4, 0.5) is 5.69 Å². The Kier molecular flexibility index (Phi) is 4.11. The molecule has 0 amide bonds. The molecule has 1 rings (SSSR count). The molecular formula is C9H15ClN4O. The summed E-state index contributed by atoms with van der Waals surface area (Å²) in [6.45, 7) is 4.55. The van der Waals surface area contributed by atoms with E-state index in [1.165, 1.54) is 6.20 Å². The van der Waals surface area contributed by atoms with Gasteiger partial charge in [-0.05, 0) is 5.92 Å². The van der Waals surface area contributed by atoms with Crippen molar-refractivity contribution in [3.8, 4) is 0 Å². The average Bonchev–Trinajstić information content (AvgIpc) is 2.19. The van der Waals surface area contributed by atoms with Gasteiger partial charge in [-0.15, -0.1) is 0 Å². The van der Waals surface area contributed by atoms with Gasteiger partial charge in [0.2, 0.25) is 0 Å². The predicted molar refractivity (Wildman–Crippen MR) is 61.2 cm³/mol. The van der Waals surface area contributed by atoms with Crippen molar-refractivity contribution in [3.05, 3.63) is 21.6 Å². The third-order valence-electron chi connectivity index (χ3n) is 2.20. The van der Waals surface area contributed by atoms with Gasteiger partial charge in [0.1, 0.15) is 5.02 Å². The van der Waals surface area contributed by atoms with Gasteiger partial charge in [-0.2, -0.15) is 5.10 Å². The molecule has 1 aromatic rings. The molecule has 0 saturated heterocycles. The van der Waals surface area contributed by atoms with E-state index in [2.05, 4.69) is 15.5 Å². The molecule has 15 heavy (non-hydrogen) atoms. The summed E-state index contributed by atoms with van der Waals surface area (Å²) < 4.78 is 0. The van der Waals surface area contributed by atoms with Gasteiger partial charge in [-0.1, -0.05) is 25.4 Å². The summed E-state index contributed by atoms with van der Waals surface area (Å²) in [6.07, 6.45) is 1.48. The third kappa shape index (κ3) is 2.94. The zero-order chi connectivity index (χ0) is 11.4. The van der Waals surface area contributed by atoms with Crippen molar-refractivity contribution in [2.75, 3.05) is 11.9 Å². The van der Waals surface area contributed by atoms with Gasteiger partial charge < -0.3 is 11.1 Å². The number of halogens is 1. The molecule has 0 aliphatic carbocycles. The van der Waals surface area contributed by atoms with Crippen LogP contribution in [0.15, 0.2) is 11.0 Å². The van der Waals surface area contributed by atoms with E-state index in [4.69, 9.17) is 17.3 Å². The van der Waals surface area contributed by atoms with E-state index in [0.29, 0.717) is 18.2 Å². The second-order valence-electron chi connectivity index (χ2n) is 3.66. The van der Waals surface area contributed by atoms with E-state index in [1.54, 1.807) is 0 Å². The van der Waals surface area contributed by atoms with Crippen LogP contribution in [-0.4, -0.2) is 22.8 Å². The topological polar surface area (TPSA) is 83.8 Å². The molecule has 0 aromatic carbocycles. The van der Waals surface area contributed by atoms with Crippen molar-refractivity contribution in [1.29, 1.82) is 0 Å². The molecule has 84 valence electrons. The minimum absolute atomic E-state index is 0.0751. The van der Waals surface area contributed by atoms with Crippen molar-refractivity contribution in [1.82, 2.24) is 10.2 Å². The first-order valence-corrected chi connectivity index (χ1v) is 5.13. The highest BCUT2D eigenvalue weighted by atomic mass is 35.5. The zero-order valence-electron chi connectivity index (χ0n) is 8.75. The van der Waals surface area contributed by atoms with E-state index >= 15 is 0 Å². The third-order valence-corrected chi connectivity index (χ3v) is 2.57. The maximum Gasteiger partial charge on any atom is 0.285 e. The zero-order valence-corrected chi connectivity index (χ0v) is 9.51. The summed E-state index contributed by atoms with van der Waals surface area (Å²) in [5, 5.41) is 9.13. The second-order valence-corrected chi connectivity index (χ2v) is 4.04. The molecular weight excluding hydrogens is 216 g/mol. The smallest absolute Gasteiger partial charge is 0.285 e. The SMILES string of the molecule is CC(C)C(CN)Nc1cn[nH]c(=O)c1Cl. The Morgan fingerprint density at radius 3 is 2.87 bits per heavy atom. The van der Waals surface area contributed by atoms with Gasteiger partial charge in [0.05, 0.1) is 11.9 Å². The van der Waals surface area contributed by atoms with Crippen LogP contribution in [0, 0.1) is 5.92 Å². The van der Waals surface area contributed by atoms with E-state index < -0.39 is 5.56 Å². The molecule has 0 saturated carbocycles. The summed E-state index contributed by atoms with van der Waals surface area (Å²) >= 11 is 5.81. The molecule has 1 unspecified atom stereocenters. The van der Waals surface area contributed by atoms with Crippen molar-refractivity contribution in [3.63, 3.8) is 0 Å². The van der Waals surface area contributed by atoms with Gasteiger partial charge in [-0.3, -0.25) is 4.79 Å². The summed E-state index contributed by atoms with van der Waals surface area (Å²) in [7, 11) is 0. The lowest BCUT2D eigenvalue weighted by Gasteiger charge is -2.21. The van der Waals surface area contributed by atoms with Crippen molar-refractivity contribution >= 4 is 17.3 Å². The lowest BCUT2D eigenvalue weighted by Crippen LogP contribution is -2.34. The number of hydrogen-bond acceptors (Lipinski definition) is 4. The van der Waals surface area contributed by atoms with E-state index in [-0.39, 0.29) is 11.1 Å². The molecule has 1 aromatic heterocycles. The number of H-pyrrole nitrogens is 1. The van der Waals surface area contributed by atoms with Crippen molar-refractivity contribution < 1.29 is 0 Å². The molecule has 0 aliphatic rings. The molecule has 0 aliphatic heterocycles. The standard InChI is InChI=1S/C9H15ClN4O/c1-5(2)6(3-11)13-7-4-12-14-9(15)8(7)10/h4-6H,3,11H2,1-2H3,(H2,13,14,15). The van der Waals surface area contributed by atoms with Gasteiger partial charge in [0.25, 0.3) is 5.56 Å². The fourth-order valence-corrected chi connectivity index (χ4v) is 1.33. The number of anilines is 1. The van der Waals surface area contributed by atoms with Crippen LogP contribution < -0.4 is 16.6 Å². The van der Waals surface area contributed by atoms with Crippen molar-refractivity contribution in [2.45, 2.75) is 19.9 Å². The minimum atomic E-state index is -0.402. The Balaban J connectivity index is 2.88. The molecule has 0 bridgehead atoms. The summed E-state index contributed by atoms with van der Waals surface area (Å²) in [4.78, 5) is 11.2. The van der Waals surface area contributed by atoms with Crippen LogP contribution in [0.25, 0.3) is 0 Å². The van der Waals surface area contributed by atoms with Crippen LogP contribution in [0.5, 0.6) is 0 Å². The summed E-state index contributed by atoms with van der Waals surface area (Å²) in [6, 6.07) is 0.0751. The average molecular weight is 231 g/mol. The number of rotatable bonds is 4. The highest BCUT2D eigenvalue weighted by Crippen LogP contribution is 2.17. The van der Waals surface area contributed by atoms with Gasteiger partial charge >= 0.3 is 0 Å². The lowest BCUT2D eigenvalue weighted by atomic mass is 10.0. The molecule has 4 N–H and O–H groups in total. The highest BCUT2D eigenvalue weighted by molar-refractivity contribution is 6.32. The number of aromatic amines is 1. The largest absolute Gasteiger partial charge is 0.378 e. The quantitative estimate of drug-likeness (QED) is 0.715. The fourth-order valence-electron chi connectivity index (χ4n) is 1.18. The molecule has 0 radical (unpaired) electrons. The highest BCUT2D eigenvalue weighted by Gasteiger charge is 2.13. The number of nitrogens with one attached hydrogen (secondary N) is 2. The Morgan fingerprint density at radius 1 is 1.67 bits per heavy atom. The molecule has 1 heterocycles. The predicted octanol–water partition coefficient (Wildman–Crippen LogP) is 0.819. The Morgan fingerprint density at radius 2 is 2.33 bits per heavy atom. The van der Waals surface area contributed by atoms with E-state index in [9.17, 15) is 4.79 Å². The van der Waals surface area contributed by atoms with Crippen LogP contribution in [0.1, 0.15) is 13.8 Å². The number of nitrogens with two attached hydrogens (primary N) is 1. The first kappa shape index (κ1) is 12.0. The van der Waals surface area contributed by atoms with Crippen LogP contribution in [0.2, 0.25) is 5.02 Å². The van der Waals surface area contributed by atoms with Crippen molar-refractivity contribution in [2.24, 2.45) is 11.7 Å². The molecule has 1 atom stereocenters. The van der Waals surface area contributed by atoms with E-state index in [0.717, 1.165) is 0 Å². The maximum atomic E-state index is 11.2. The molecule has 0 spiro atoms. The van der Waals surface area contributed by atoms with E-state index in [1.807, 2.05) is 13.8 Å². The number of aromatic nitrogens is 2. The van der Waals surface area contributed by atoms with Crippen LogP contribution in [-0.2, 0) is 0 Å². The number of nitrogens with zero attached hydrogens (tertiary/aromatic N) is 1. The second kappa shape index (κ2) is 5.14. The first-order chi connectivity index (χ1) is 7.06. The number of hydrogen-bond donors (Lipinski definition) is 3. The van der Waals surface area contributed by atoms with Gasteiger partial charge in [-0.25, -0.2) is 5.10 Å². The monoisotopic (exact) mass is 230 g/mol. The Bertz CT molecular complexity index is 377. The molecule has 6 heteroatoms. The minimum Gasteiger partial charge on any atom is -0.378 e. The Hall–Kier alpha value is -1.07. The van der Waals surface area contributed by atoms with Gasteiger partial charge in [0, 0.05) is 12.6 Å². The lowest BCUT2D eigenvalue weighted by molar-refractivity contribution is 0.531. The molecule has 0 fully saturated rings. The molecule has 5 nitrogen and oxygen atoms in total. The van der Waals surface area contributed by atoms with Crippen LogP contribution in [0.3, 0.4) is 0 Å². The first-order valence-electron chi connectivity index (χ1n) is 4.76. The van der Waals surface area contributed by atoms with Gasteiger partial charge in [0.15, 0.2) is 0 Å². The fraction of sp³-hybridized carbons (Fsp3) is 0.556. The summed E-state index contributed by atoms with van der Waals surface area (Å²) in [5.41, 5.74) is 5.71.